The fourth-order valence-electron chi connectivity index (χ4n) is 5.46. The second-order valence-electron chi connectivity index (χ2n) is 10.8. The summed E-state index contributed by atoms with van der Waals surface area (Å²) in [6, 6.07) is 21.1. The van der Waals surface area contributed by atoms with Crippen molar-refractivity contribution in [3.8, 4) is 11.1 Å². The topological polar surface area (TPSA) is 141 Å². The van der Waals surface area contributed by atoms with E-state index in [0.717, 1.165) is 23.5 Å². The largest absolute Gasteiger partial charge is 0.321 e. The van der Waals surface area contributed by atoms with Gasteiger partial charge >= 0.3 is 0 Å². The summed E-state index contributed by atoms with van der Waals surface area (Å²) >= 11 is 0. The number of benzene rings is 2. The van der Waals surface area contributed by atoms with Gasteiger partial charge in [-0.3, -0.25) is 19.6 Å². The minimum absolute atomic E-state index is 0.0606. The Kier molecular flexibility index (Phi) is 10.1. The number of primary sulfonamides is 1. The molecule has 236 valence electrons. The first kappa shape index (κ1) is 32.4. The normalized spacial score (nSPS) is 11.4. The summed E-state index contributed by atoms with van der Waals surface area (Å²) in [5.41, 5.74) is 4.42. The minimum atomic E-state index is -3.90. The van der Waals surface area contributed by atoms with Crippen molar-refractivity contribution in [2.45, 2.75) is 51.0 Å². The molecule has 10 nitrogen and oxygen atoms in total. The second kappa shape index (κ2) is 14.4. The third kappa shape index (κ3) is 7.27. The molecule has 0 aliphatic heterocycles. The number of amides is 1. The molecule has 2 aromatic carbocycles. The fraction of sp³-hybridized carbons (Fsp3) is 0.229. The van der Waals surface area contributed by atoms with Crippen molar-refractivity contribution in [2.24, 2.45) is 5.14 Å². The maximum absolute atomic E-state index is 14.0. The van der Waals surface area contributed by atoms with Crippen LogP contribution in [0.25, 0.3) is 11.1 Å². The Balaban J connectivity index is 1.44. The molecule has 46 heavy (non-hydrogen) atoms. The van der Waals surface area contributed by atoms with E-state index in [1.807, 2.05) is 35.8 Å². The van der Waals surface area contributed by atoms with Crippen LogP contribution in [0, 0.1) is 0 Å². The molecule has 0 saturated carbocycles. The third-order valence-corrected chi connectivity index (χ3v) is 8.63. The molecule has 0 unspecified atom stereocenters. The Labute approximate surface area is 269 Å². The van der Waals surface area contributed by atoms with E-state index in [9.17, 15) is 18.0 Å². The predicted octanol–water partition coefficient (Wildman–Crippen LogP) is 5.47. The highest BCUT2D eigenvalue weighted by Crippen LogP contribution is 2.28. The van der Waals surface area contributed by atoms with Gasteiger partial charge in [0.25, 0.3) is 5.91 Å². The van der Waals surface area contributed by atoms with E-state index in [0.29, 0.717) is 47.5 Å². The lowest BCUT2D eigenvalue weighted by Gasteiger charge is -2.22. The lowest BCUT2D eigenvalue weighted by molar-refractivity contribution is 0.0961. The molecule has 0 aliphatic rings. The number of imidazole rings is 1. The number of sulfonamides is 1. The molecule has 3 aromatic heterocycles. The van der Waals surface area contributed by atoms with E-state index in [2.05, 4.69) is 16.9 Å². The van der Waals surface area contributed by atoms with Gasteiger partial charge in [0.15, 0.2) is 5.78 Å². The molecule has 11 heteroatoms. The van der Waals surface area contributed by atoms with Gasteiger partial charge in [0.05, 0.1) is 28.0 Å². The van der Waals surface area contributed by atoms with E-state index >= 15 is 0 Å². The molecule has 0 radical (unpaired) electrons. The number of carbonyl (C=O) groups excluding carboxylic acids is 2. The summed E-state index contributed by atoms with van der Waals surface area (Å²) in [6.45, 7) is 4.60. The Morgan fingerprint density at radius 3 is 2.24 bits per heavy atom. The number of aromatic nitrogens is 4. The predicted molar refractivity (Wildman–Crippen MR) is 177 cm³/mol. The van der Waals surface area contributed by atoms with E-state index in [1.165, 1.54) is 12.3 Å². The molecule has 0 spiro atoms. The molecule has 1 amide bonds. The summed E-state index contributed by atoms with van der Waals surface area (Å²) in [5, 5.41) is 5.46. The van der Waals surface area contributed by atoms with Crippen LogP contribution in [0.3, 0.4) is 0 Å². The van der Waals surface area contributed by atoms with Gasteiger partial charge < -0.3 is 9.47 Å². The summed E-state index contributed by atoms with van der Waals surface area (Å²) in [7, 11) is -3.90. The Morgan fingerprint density at radius 1 is 0.891 bits per heavy atom. The van der Waals surface area contributed by atoms with E-state index in [-0.39, 0.29) is 29.6 Å². The average molecular weight is 637 g/mol. The van der Waals surface area contributed by atoms with Crippen LogP contribution >= 0.6 is 0 Å². The summed E-state index contributed by atoms with van der Waals surface area (Å²) in [4.78, 5) is 42.3. The molecule has 2 N–H and O–H groups in total. The van der Waals surface area contributed by atoms with Crippen LogP contribution < -0.4 is 10.0 Å². The van der Waals surface area contributed by atoms with Gasteiger partial charge in [0, 0.05) is 50.1 Å². The molecule has 0 saturated heterocycles. The number of aryl methyl sites for hydroxylation is 2. The lowest BCUT2D eigenvalue weighted by atomic mass is 10.0. The number of pyridine rings is 2. The van der Waals surface area contributed by atoms with Crippen molar-refractivity contribution >= 4 is 27.4 Å². The number of nitrogens with two attached hydrogens (primary N) is 1. The number of hydrogen-bond acceptors (Lipinski definition) is 7. The average Bonchev–Trinajstić information content (AvgIpc) is 3.42. The smallest absolute Gasteiger partial charge is 0.259 e. The number of Topliss-reactive ketones (excluding diaryl/α,β-unsaturated/α-hetero) is 1. The number of carbonyl (C=O) groups is 2. The van der Waals surface area contributed by atoms with Crippen LogP contribution in [0.5, 0.6) is 0 Å². The second-order valence-corrected chi connectivity index (χ2v) is 12.4. The van der Waals surface area contributed by atoms with Gasteiger partial charge in [-0.05, 0) is 54.3 Å². The molecule has 0 fully saturated rings. The standard InChI is InChI=1S/C35H36N6O4S/c1-3-9-33-39-30(4-2)34(31(42)18-21-40(28-11-8-20-38-23-28)35(43)27-10-7-19-37-22-27)41(33)24-25-14-16-26(17-15-25)29-12-5-6-13-32(29)46(36,44)45/h5-8,10-17,19-20,22-23H,3-4,9,18,21,24H2,1-2H3,(H2,36,44,45). The molecule has 0 bridgehead atoms. The lowest BCUT2D eigenvalue weighted by Crippen LogP contribution is -2.33. The SMILES string of the molecule is CCCc1nc(CC)c(C(=O)CCN(C(=O)c2cccnc2)c2cccnc2)n1Cc1ccc(-c2ccccc2S(N)(=O)=O)cc1. The first-order valence-corrected chi connectivity index (χ1v) is 16.7. The summed E-state index contributed by atoms with van der Waals surface area (Å²) in [6.07, 6.45) is 8.55. The summed E-state index contributed by atoms with van der Waals surface area (Å²) < 4.78 is 26.3. The zero-order valence-corrected chi connectivity index (χ0v) is 26.7. The van der Waals surface area contributed by atoms with E-state index in [1.54, 1.807) is 66.0 Å². The number of anilines is 1. The highest BCUT2D eigenvalue weighted by Gasteiger charge is 2.25. The highest BCUT2D eigenvalue weighted by atomic mass is 32.2. The van der Waals surface area contributed by atoms with Gasteiger partial charge in [0.1, 0.15) is 11.5 Å². The van der Waals surface area contributed by atoms with E-state index < -0.39 is 10.0 Å². The molecule has 5 rings (SSSR count). The number of nitrogens with zero attached hydrogens (tertiary/aromatic N) is 5. The highest BCUT2D eigenvalue weighted by molar-refractivity contribution is 7.89. The molecular weight excluding hydrogens is 600 g/mol. The zero-order chi connectivity index (χ0) is 32.7. The monoisotopic (exact) mass is 636 g/mol. The number of ketones is 1. The van der Waals surface area contributed by atoms with Crippen LogP contribution in [0.4, 0.5) is 5.69 Å². The Hall–Kier alpha value is -5.00. The van der Waals surface area contributed by atoms with Crippen molar-refractivity contribution in [1.82, 2.24) is 19.5 Å². The first-order chi connectivity index (χ1) is 22.2. The maximum atomic E-state index is 14.0. The van der Waals surface area contributed by atoms with Crippen molar-refractivity contribution < 1.29 is 18.0 Å². The van der Waals surface area contributed by atoms with Crippen LogP contribution in [0.1, 0.15) is 64.6 Å². The van der Waals surface area contributed by atoms with Crippen molar-refractivity contribution in [3.05, 3.63) is 126 Å². The van der Waals surface area contributed by atoms with Gasteiger partial charge in [0.2, 0.25) is 10.0 Å². The third-order valence-electron chi connectivity index (χ3n) is 7.66. The zero-order valence-electron chi connectivity index (χ0n) is 25.8. The quantitative estimate of drug-likeness (QED) is 0.169. The molecule has 5 aromatic rings. The van der Waals surface area contributed by atoms with Gasteiger partial charge in [-0.15, -0.1) is 0 Å². The number of hydrogen-bond donors (Lipinski definition) is 1. The number of rotatable bonds is 13. The Morgan fingerprint density at radius 2 is 1.61 bits per heavy atom. The van der Waals surface area contributed by atoms with Crippen molar-refractivity contribution in [2.75, 3.05) is 11.4 Å². The van der Waals surface area contributed by atoms with E-state index in [4.69, 9.17) is 10.1 Å². The first-order valence-electron chi connectivity index (χ1n) is 15.2. The van der Waals surface area contributed by atoms with Crippen LogP contribution in [-0.2, 0) is 29.4 Å². The van der Waals surface area contributed by atoms with Crippen molar-refractivity contribution in [3.63, 3.8) is 0 Å². The van der Waals surface area contributed by atoms with Crippen LogP contribution in [0.15, 0.2) is 102 Å². The molecule has 3 heterocycles. The maximum Gasteiger partial charge on any atom is 0.259 e. The van der Waals surface area contributed by atoms with Gasteiger partial charge in [-0.25, -0.2) is 18.5 Å². The fourth-order valence-corrected chi connectivity index (χ4v) is 6.22. The minimum Gasteiger partial charge on any atom is -0.321 e. The van der Waals surface area contributed by atoms with Gasteiger partial charge in [-0.1, -0.05) is 56.3 Å². The summed E-state index contributed by atoms with van der Waals surface area (Å²) in [5.74, 6) is 0.439. The van der Waals surface area contributed by atoms with Crippen LogP contribution in [-0.4, -0.2) is 46.2 Å². The molecule has 0 atom stereocenters. The van der Waals surface area contributed by atoms with Crippen molar-refractivity contribution in [1.29, 1.82) is 0 Å². The van der Waals surface area contributed by atoms with Crippen LogP contribution in [0.2, 0.25) is 0 Å². The Bertz CT molecular complexity index is 1930. The molecular formula is C35H36N6O4S. The van der Waals surface area contributed by atoms with Gasteiger partial charge in [-0.2, -0.15) is 0 Å². The molecule has 0 aliphatic carbocycles.